The molecule has 6 heteroatoms. The van der Waals surface area contributed by atoms with E-state index in [2.05, 4.69) is 10.3 Å². The molecule has 3 rings (SSSR count). The number of carbonyl (C=O) groups is 1. The van der Waals surface area contributed by atoms with E-state index in [0.717, 1.165) is 5.56 Å². The lowest BCUT2D eigenvalue weighted by Gasteiger charge is -2.00. The number of anilines is 1. The first-order valence-corrected chi connectivity index (χ1v) is 7.37. The number of thiazole rings is 1. The molecular weight excluding hydrogens is 303 g/mol. The highest BCUT2D eigenvalue weighted by Crippen LogP contribution is 2.65. The van der Waals surface area contributed by atoms with Gasteiger partial charge in [-0.2, -0.15) is 0 Å². The first-order chi connectivity index (χ1) is 9.10. The lowest BCUT2D eigenvalue weighted by atomic mass is 10.1. The third-order valence-corrected chi connectivity index (χ3v) is 4.79. The molecular formula is C13H10Cl2N2OS. The molecule has 1 aliphatic carbocycles. The Labute approximate surface area is 124 Å². The van der Waals surface area contributed by atoms with Crippen LogP contribution < -0.4 is 5.32 Å². The molecule has 1 aromatic heterocycles. The van der Waals surface area contributed by atoms with Crippen LogP contribution in [-0.4, -0.2) is 15.2 Å². The number of benzene rings is 1. The fourth-order valence-corrected chi connectivity index (χ4v) is 3.56. The Balaban J connectivity index is 1.77. The van der Waals surface area contributed by atoms with Gasteiger partial charge in [-0.05, 0) is 5.56 Å². The normalized spacial score (nSPS) is 23.9. The molecule has 1 aliphatic rings. The summed E-state index contributed by atoms with van der Waals surface area (Å²) >= 11 is 13.8. The number of hydrogen-bond donors (Lipinski definition) is 1. The smallest absolute Gasteiger partial charge is 0.233 e. The summed E-state index contributed by atoms with van der Waals surface area (Å²) in [5, 5.41) is 5.10. The minimum Gasteiger partial charge on any atom is -0.302 e. The van der Waals surface area contributed by atoms with Gasteiger partial charge in [-0.15, -0.1) is 34.5 Å². The Hall–Kier alpha value is -1.10. The number of hydrogen-bond acceptors (Lipinski definition) is 3. The minimum atomic E-state index is -1.04. The standard InChI is InChI=1S/C13H10Cl2N2OS/c14-13(15)9(8-4-2-1-3-5-8)10(13)11(18)17-12-16-6-7-19-12/h1-7,9-10H,(H,16,17,18)/t9-,10+/m0/s1. The van der Waals surface area contributed by atoms with E-state index in [4.69, 9.17) is 23.2 Å². The van der Waals surface area contributed by atoms with E-state index in [1.807, 2.05) is 30.3 Å². The second-order valence-corrected chi connectivity index (χ2v) is 6.71. The van der Waals surface area contributed by atoms with Gasteiger partial charge in [-0.25, -0.2) is 4.98 Å². The Morgan fingerprint density at radius 2 is 2.05 bits per heavy atom. The fourth-order valence-electron chi connectivity index (χ4n) is 2.20. The monoisotopic (exact) mass is 312 g/mol. The maximum absolute atomic E-state index is 12.2. The second-order valence-electron chi connectivity index (χ2n) is 4.37. The maximum Gasteiger partial charge on any atom is 0.233 e. The van der Waals surface area contributed by atoms with Crippen LogP contribution in [0, 0.1) is 5.92 Å². The zero-order chi connectivity index (χ0) is 13.5. The molecule has 1 aromatic carbocycles. The number of nitrogens with one attached hydrogen (secondary N) is 1. The highest BCUT2D eigenvalue weighted by atomic mass is 35.5. The van der Waals surface area contributed by atoms with Crippen LogP contribution in [0.3, 0.4) is 0 Å². The molecule has 0 unspecified atom stereocenters. The van der Waals surface area contributed by atoms with Crippen molar-refractivity contribution in [2.24, 2.45) is 5.92 Å². The van der Waals surface area contributed by atoms with Crippen LogP contribution >= 0.6 is 34.5 Å². The average molecular weight is 313 g/mol. The van der Waals surface area contributed by atoms with Gasteiger partial charge in [0, 0.05) is 17.5 Å². The van der Waals surface area contributed by atoms with Crippen molar-refractivity contribution in [3.63, 3.8) is 0 Å². The highest BCUT2D eigenvalue weighted by Gasteiger charge is 2.67. The number of rotatable bonds is 3. The predicted molar refractivity (Wildman–Crippen MR) is 77.9 cm³/mol. The summed E-state index contributed by atoms with van der Waals surface area (Å²) in [5.41, 5.74) is 0.979. The first kappa shape index (κ1) is 12.9. The number of aromatic nitrogens is 1. The molecule has 1 fully saturated rings. The van der Waals surface area contributed by atoms with Gasteiger partial charge < -0.3 is 5.32 Å². The van der Waals surface area contributed by atoms with Crippen LogP contribution in [0.4, 0.5) is 5.13 Å². The Morgan fingerprint density at radius 3 is 2.68 bits per heavy atom. The number of carbonyl (C=O) groups excluding carboxylic acids is 1. The quantitative estimate of drug-likeness (QED) is 0.879. The molecule has 0 spiro atoms. The van der Waals surface area contributed by atoms with Crippen LogP contribution in [0.5, 0.6) is 0 Å². The molecule has 1 saturated carbocycles. The van der Waals surface area contributed by atoms with Gasteiger partial charge in [0.1, 0.15) is 4.33 Å². The lowest BCUT2D eigenvalue weighted by molar-refractivity contribution is -0.117. The van der Waals surface area contributed by atoms with Gasteiger partial charge in [-0.1, -0.05) is 30.3 Å². The van der Waals surface area contributed by atoms with E-state index >= 15 is 0 Å². The van der Waals surface area contributed by atoms with E-state index in [1.165, 1.54) is 11.3 Å². The summed E-state index contributed by atoms with van der Waals surface area (Å²) < 4.78 is -1.04. The molecule has 3 nitrogen and oxygen atoms in total. The SMILES string of the molecule is O=C(Nc1nccs1)[C@H]1[C@H](c2ccccc2)C1(Cl)Cl. The van der Waals surface area contributed by atoms with Crippen molar-refractivity contribution in [3.8, 4) is 0 Å². The van der Waals surface area contributed by atoms with E-state index in [0.29, 0.717) is 5.13 Å². The van der Waals surface area contributed by atoms with Crippen LogP contribution in [0.2, 0.25) is 0 Å². The third-order valence-electron chi connectivity index (χ3n) is 3.16. The van der Waals surface area contributed by atoms with Crippen molar-refractivity contribution in [2.75, 3.05) is 5.32 Å². The summed E-state index contributed by atoms with van der Waals surface area (Å²) in [5.74, 6) is -0.798. The molecule has 19 heavy (non-hydrogen) atoms. The Morgan fingerprint density at radius 1 is 1.32 bits per heavy atom. The van der Waals surface area contributed by atoms with Gasteiger partial charge in [0.2, 0.25) is 5.91 Å². The van der Waals surface area contributed by atoms with Crippen LogP contribution in [0.1, 0.15) is 11.5 Å². The van der Waals surface area contributed by atoms with E-state index in [1.54, 1.807) is 11.6 Å². The topological polar surface area (TPSA) is 42.0 Å². The molecule has 2 aromatic rings. The zero-order valence-electron chi connectivity index (χ0n) is 9.72. The summed E-state index contributed by atoms with van der Waals surface area (Å²) in [6, 6.07) is 9.60. The second kappa shape index (κ2) is 4.78. The van der Waals surface area contributed by atoms with Crippen molar-refractivity contribution >= 4 is 45.6 Å². The molecule has 1 heterocycles. The molecule has 0 bridgehead atoms. The maximum atomic E-state index is 12.2. The third kappa shape index (κ3) is 2.36. The highest BCUT2D eigenvalue weighted by molar-refractivity contribution is 7.13. The molecule has 1 amide bonds. The van der Waals surface area contributed by atoms with Crippen molar-refractivity contribution in [2.45, 2.75) is 10.3 Å². The van der Waals surface area contributed by atoms with Crippen LogP contribution in [0.15, 0.2) is 41.9 Å². The van der Waals surface area contributed by atoms with Crippen molar-refractivity contribution in [3.05, 3.63) is 47.5 Å². The molecule has 2 atom stereocenters. The van der Waals surface area contributed by atoms with Gasteiger partial charge in [0.25, 0.3) is 0 Å². The van der Waals surface area contributed by atoms with E-state index in [9.17, 15) is 4.79 Å². The number of halogens is 2. The van der Waals surface area contributed by atoms with Gasteiger partial charge >= 0.3 is 0 Å². The average Bonchev–Trinajstić information content (AvgIpc) is 2.76. The molecule has 98 valence electrons. The molecule has 0 aliphatic heterocycles. The minimum absolute atomic E-state index is 0.169. The van der Waals surface area contributed by atoms with E-state index in [-0.39, 0.29) is 11.8 Å². The van der Waals surface area contributed by atoms with Gasteiger partial charge in [0.15, 0.2) is 5.13 Å². The molecule has 0 radical (unpaired) electrons. The van der Waals surface area contributed by atoms with Crippen molar-refractivity contribution < 1.29 is 4.79 Å². The number of alkyl halides is 2. The number of nitrogens with zero attached hydrogens (tertiary/aromatic N) is 1. The van der Waals surface area contributed by atoms with Crippen molar-refractivity contribution in [1.82, 2.24) is 4.98 Å². The van der Waals surface area contributed by atoms with Gasteiger partial charge in [0.05, 0.1) is 5.92 Å². The van der Waals surface area contributed by atoms with Crippen molar-refractivity contribution in [1.29, 1.82) is 0 Å². The van der Waals surface area contributed by atoms with Crippen LogP contribution in [0.25, 0.3) is 0 Å². The Bertz CT molecular complexity index is 586. The summed E-state index contributed by atoms with van der Waals surface area (Å²) in [6.07, 6.45) is 1.64. The lowest BCUT2D eigenvalue weighted by Crippen LogP contribution is -2.16. The Kier molecular flexibility index (Phi) is 3.25. The first-order valence-electron chi connectivity index (χ1n) is 5.74. The summed E-state index contributed by atoms with van der Waals surface area (Å²) in [6.45, 7) is 0. The summed E-state index contributed by atoms with van der Waals surface area (Å²) in [4.78, 5) is 16.2. The predicted octanol–water partition coefficient (Wildman–Crippen LogP) is 3.67. The van der Waals surface area contributed by atoms with Crippen LogP contribution in [-0.2, 0) is 4.79 Å². The summed E-state index contributed by atoms with van der Waals surface area (Å²) in [7, 11) is 0. The largest absolute Gasteiger partial charge is 0.302 e. The number of amides is 1. The van der Waals surface area contributed by atoms with E-state index < -0.39 is 10.3 Å². The fraction of sp³-hybridized carbons (Fsp3) is 0.231. The zero-order valence-corrected chi connectivity index (χ0v) is 12.0. The molecule has 1 N–H and O–H groups in total. The molecule has 0 saturated heterocycles. The van der Waals surface area contributed by atoms with Gasteiger partial charge in [-0.3, -0.25) is 4.79 Å².